The molecule has 35 heavy (non-hydrogen) atoms. The van der Waals surface area contributed by atoms with E-state index < -0.39 is 10.2 Å². The summed E-state index contributed by atoms with van der Waals surface area (Å²) in [5.41, 5.74) is -0.240. The Balaban J connectivity index is 1.40. The fourth-order valence-electron chi connectivity index (χ4n) is 6.36. The van der Waals surface area contributed by atoms with E-state index in [4.69, 9.17) is 4.74 Å². The SMILES string of the molecule is CCNS(=O)(=O)N1CCC2NC(NC(=O)C3CNC(C)CC3C3CC(C#N)CCC3OC)SC2C1. The number of nitriles is 1. The average Bonchev–Trinajstić information content (AvgIpc) is 3.24. The number of nitrogens with one attached hydrogen (secondary N) is 4. The molecular weight excluding hydrogens is 488 g/mol. The number of carbonyl (C=O) groups excluding carboxylic acids is 1. The van der Waals surface area contributed by atoms with Gasteiger partial charge >= 0.3 is 0 Å². The average molecular weight is 529 g/mol. The second-order valence-electron chi connectivity index (χ2n) is 10.4. The van der Waals surface area contributed by atoms with E-state index in [9.17, 15) is 18.5 Å². The van der Waals surface area contributed by atoms with Gasteiger partial charge in [-0.3, -0.25) is 10.1 Å². The number of fused-ring (bicyclic) bond motifs is 1. The van der Waals surface area contributed by atoms with Crippen LogP contribution in [0.2, 0.25) is 0 Å². The zero-order valence-corrected chi connectivity index (χ0v) is 22.5. The van der Waals surface area contributed by atoms with Gasteiger partial charge in [-0.2, -0.15) is 18.0 Å². The first-order valence-corrected chi connectivity index (χ1v) is 15.3. The Morgan fingerprint density at radius 3 is 2.77 bits per heavy atom. The maximum Gasteiger partial charge on any atom is 0.279 e. The standard InChI is InChI=1S/C23H40N6O4S2/c1-4-26-35(31,32)29-8-7-19-21(13-29)34-23(27-19)28-22(30)18-12-25-14(2)9-16(18)17-10-15(11-24)5-6-20(17)33-3/h14-21,23,25-27H,4-10,12-13H2,1-3H3,(H,28,30). The number of rotatable bonds is 7. The summed E-state index contributed by atoms with van der Waals surface area (Å²) in [6, 6.07) is 2.93. The molecule has 12 heteroatoms. The lowest BCUT2D eigenvalue weighted by molar-refractivity contribution is -0.131. The van der Waals surface area contributed by atoms with Crippen molar-refractivity contribution in [2.24, 2.45) is 23.7 Å². The summed E-state index contributed by atoms with van der Waals surface area (Å²) in [7, 11) is -1.72. The maximum atomic E-state index is 13.5. The van der Waals surface area contributed by atoms with Gasteiger partial charge in [0.2, 0.25) is 5.91 Å². The first-order chi connectivity index (χ1) is 16.7. The lowest BCUT2D eigenvalue weighted by atomic mass is 9.66. The highest BCUT2D eigenvalue weighted by Gasteiger charge is 2.46. The maximum absolute atomic E-state index is 13.5. The van der Waals surface area contributed by atoms with E-state index in [1.54, 1.807) is 25.8 Å². The fraction of sp³-hybridized carbons (Fsp3) is 0.913. The summed E-state index contributed by atoms with van der Waals surface area (Å²) in [6.07, 6.45) is 4.18. The van der Waals surface area contributed by atoms with Crippen LogP contribution < -0.4 is 20.7 Å². The molecule has 198 valence electrons. The van der Waals surface area contributed by atoms with Crippen molar-refractivity contribution in [3.05, 3.63) is 0 Å². The van der Waals surface area contributed by atoms with E-state index in [1.807, 2.05) is 0 Å². The third-order valence-corrected chi connectivity index (χ3v) is 11.2. The van der Waals surface area contributed by atoms with E-state index in [-0.39, 0.29) is 52.5 Å². The molecule has 1 amide bonds. The van der Waals surface area contributed by atoms with Gasteiger partial charge < -0.3 is 15.4 Å². The second-order valence-corrected chi connectivity index (χ2v) is 13.5. The van der Waals surface area contributed by atoms with E-state index in [0.29, 0.717) is 38.6 Å². The first kappa shape index (κ1) is 27.1. The molecule has 10 nitrogen and oxygen atoms in total. The Morgan fingerprint density at radius 1 is 1.26 bits per heavy atom. The van der Waals surface area contributed by atoms with E-state index in [1.165, 1.54) is 4.31 Å². The van der Waals surface area contributed by atoms with Crippen molar-refractivity contribution in [1.82, 2.24) is 25.0 Å². The van der Waals surface area contributed by atoms with Gasteiger partial charge in [-0.15, -0.1) is 11.8 Å². The van der Waals surface area contributed by atoms with Crippen molar-refractivity contribution in [3.8, 4) is 6.07 Å². The molecule has 0 aromatic heterocycles. The molecule has 9 unspecified atom stereocenters. The molecule has 0 bridgehead atoms. The predicted octanol–water partition coefficient (Wildman–Crippen LogP) is 0.589. The highest BCUT2D eigenvalue weighted by Crippen LogP contribution is 2.42. The topological polar surface area (TPSA) is 136 Å². The summed E-state index contributed by atoms with van der Waals surface area (Å²) in [4.78, 5) is 13.5. The molecule has 0 aromatic rings. The molecule has 1 saturated carbocycles. The fourth-order valence-corrected chi connectivity index (χ4v) is 9.16. The van der Waals surface area contributed by atoms with Crippen molar-refractivity contribution >= 4 is 27.9 Å². The van der Waals surface area contributed by atoms with Gasteiger partial charge in [0.1, 0.15) is 5.50 Å². The Hall–Kier alpha value is -0.940. The minimum Gasteiger partial charge on any atom is -0.381 e. The first-order valence-electron chi connectivity index (χ1n) is 12.9. The van der Waals surface area contributed by atoms with Crippen LogP contribution in [0.4, 0.5) is 0 Å². The number of piperidine rings is 2. The third-order valence-electron chi connectivity index (χ3n) is 8.17. The van der Waals surface area contributed by atoms with Crippen molar-refractivity contribution in [2.75, 3.05) is 33.3 Å². The number of hydrogen-bond donors (Lipinski definition) is 4. The van der Waals surface area contributed by atoms with Crippen molar-refractivity contribution in [2.45, 2.75) is 74.9 Å². The summed E-state index contributed by atoms with van der Waals surface area (Å²) in [5, 5.41) is 19.8. The van der Waals surface area contributed by atoms with Crippen LogP contribution in [0.1, 0.15) is 46.0 Å². The molecule has 1 aliphatic carbocycles. The van der Waals surface area contributed by atoms with Gasteiger partial charge in [0.05, 0.1) is 18.1 Å². The van der Waals surface area contributed by atoms with Crippen LogP contribution in [-0.4, -0.2) is 80.9 Å². The summed E-state index contributed by atoms with van der Waals surface area (Å²) >= 11 is 1.61. The summed E-state index contributed by atoms with van der Waals surface area (Å²) in [6.45, 7) is 5.81. The highest BCUT2D eigenvalue weighted by atomic mass is 32.2. The number of methoxy groups -OCH3 is 1. The largest absolute Gasteiger partial charge is 0.381 e. The molecule has 4 rings (SSSR count). The van der Waals surface area contributed by atoms with E-state index in [2.05, 4.69) is 33.7 Å². The molecule has 4 N–H and O–H groups in total. The lowest BCUT2D eigenvalue weighted by Crippen LogP contribution is -2.56. The van der Waals surface area contributed by atoms with Crippen molar-refractivity contribution in [1.29, 1.82) is 5.26 Å². The Labute approximate surface area is 213 Å². The number of hydrogen-bond acceptors (Lipinski definition) is 8. The van der Waals surface area contributed by atoms with E-state index >= 15 is 0 Å². The van der Waals surface area contributed by atoms with Gasteiger partial charge in [-0.25, -0.2) is 4.72 Å². The minimum atomic E-state index is -3.46. The van der Waals surface area contributed by atoms with Gasteiger partial charge in [0, 0.05) is 56.5 Å². The molecule has 3 aliphatic heterocycles. The summed E-state index contributed by atoms with van der Waals surface area (Å²) < 4.78 is 34.8. The molecule has 0 radical (unpaired) electrons. The predicted molar refractivity (Wildman–Crippen MR) is 135 cm³/mol. The molecule has 9 atom stereocenters. The monoisotopic (exact) mass is 528 g/mol. The number of nitrogens with zero attached hydrogens (tertiary/aromatic N) is 2. The number of carbonyl (C=O) groups is 1. The Bertz CT molecular complexity index is 899. The smallest absolute Gasteiger partial charge is 0.279 e. The molecule has 4 aliphatic rings. The summed E-state index contributed by atoms with van der Waals surface area (Å²) in [5.74, 6) is 0.194. The zero-order chi connectivity index (χ0) is 25.2. The molecule has 3 heterocycles. The molecule has 0 aromatic carbocycles. The van der Waals surface area contributed by atoms with E-state index in [0.717, 1.165) is 25.7 Å². The second kappa shape index (κ2) is 11.6. The van der Waals surface area contributed by atoms with Crippen LogP contribution in [-0.2, 0) is 19.7 Å². The minimum absolute atomic E-state index is 0.0177. The zero-order valence-electron chi connectivity index (χ0n) is 20.9. The number of ether oxygens (including phenoxy) is 1. The highest BCUT2D eigenvalue weighted by molar-refractivity contribution is 8.00. The number of thioether (sulfide) groups is 1. The van der Waals surface area contributed by atoms with Crippen LogP contribution in [0.25, 0.3) is 0 Å². The van der Waals surface area contributed by atoms with Gasteiger partial charge in [0.15, 0.2) is 0 Å². The molecular formula is C23H40N6O4S2. The van der Waals surface area contributed by atoms with Gasteiger partial charge in [0.25, 0.3) is 10.2 Å². The third kappa shape index (κ3) is 6.14. The van der Waals surface area contributed by atoms with Crippen molar-refractivity contribution < 1.29 is 17.9 Å². The Kier molecular flexibility index (Phi) is 9.00. The normalized spacial score (nSPS) is 40.6. The van der Waals surface area contributed by atoms with Gasteiger partial charge in [-0.1, -0.05) is 6.92 Å². The van der Waals surface area contributed by atoms with Crippen LogP contribution in [0.15, 0.2) is 0 Å². The van der Waals surface area contributed by atoms with Crippen LogP contribution >= 0.6 is 11.8 Å². The molecule has 3 saturated heterocycles. The van der Waals surface area contributed by atoms with Crippen LogP contribution in [0, 0.1) is 35.0 Å². The number of amides is 1. The lowest BCUT2D eigenvalue weighted by Gasteiger charge is -2.44. The van der Waals surface area contributed by atoms with Gasteiger partial charge in [-0.05, 0) is 50.9 Å². The van der Waals surface area contributed by atoms with Crippen LogP contribution in [0.3, 0.4) is 0 Å². The quantitative estimate of drug-likeness (QED) is 0.377. The molecule has 4 fully saturated rings. The van der Waals surface area contributed by atoms with Crippen LogP contribution in [0.5, 0.6) is 0 Å². The Morgan fingerprint density at radius 2 is 2.06 bits per heavy atom. The van der Waals surface area contributed by atoms with Crippen molar-refractivity contribution in [3.63, 3.8) is 0 Å². The molecule has 0 spiro atoms.